The van der Waals surface area contributed by atoms with Gasteiger partial charge in [0, 0.05) is 24.7 Å². The summed E-state index contributed by atoms with van der Waals surface area (Å²) in [5.74, 6) is 1.70. The molecule has 6 heteroatoms. The molecule has 2 aromatic carbocycles. The minimum atomic E-state index is -0.438. The van der Waals surface area contributed by atoms with Crippen molar-refractivity contribution in [2.24, 2.45) is 0 Å². The Hall–Kier alpha value is -3.33. The van der Waals surface area contributed by atoms with Crippen LogP contribution in [-0.4, -0.2) is 36.9 Å². The molecule has 0 saturated carbocycles. The number of carbonyl (C=O) groups is 2. The van der Waals surface area contributed by atoms with Gasteiger partial charge in [0.1, 0.15) is 0 Å². The van der Waals surface area contributed by atoms with Crippen molar-refractivity contribution in [2.75, 3.05) is 25.5 Å². The van der Waals surface area contributed by atoms with E-state index in [4.69, 9.17) is 11.2 Å². The van der Waals surface area contributed by atoms with Gasteiger partial charge < -0.3 is 15.0 Å². The first-order chi connectivity index (χ1) is 13.0. The summed E-state index contributed by atoms with van der Waals surface area (Å²) in [6, 6.07) is 13.0. The lowest BCUT2D eigenvalue weighted by Gasteiger charge is -2.17. The standard InChI is InChI=1S/C21H21FN2O3/c1-3-16-8-6-9-17(14-16)23-20(25)15-24(2)21(26)12-7-13-27-19-11-5-4-10-18(19)22/h1,4-6,8-11,14H,7,12-13,15H2,2H3,(H,23,25). The average molecular weight is 368 g/mol. The normalized spacial score (nSPS) is 9.96. The molecule has 2 rings (SSSR count). The number of likely N-dealkylation sites (N-methyl/N-ethyl adjacent to an activating group) is 1. The summed E-state index contributed by atoms with van der Waals surface area (Å²) in [5, 5.41) is 2.70. The van der Waals surface area contributed by atoms with Crippen LogP contribution in [0.2, 0.25) is 0 Å². The van der Waals surface area contributed by atoms with Crippen molar-refractivity contribution in [3.05, 3.63) is 59.9 Å². The maximum Gasteiger partial charge on any atom is 0.243 e. The second kappa shape index (κ2) is 9.97. The second-order valence-electron chi connectivity index (χ2n) is 5.91. The van der Waals surface area contributed by atoms with Crippen molar-refractivity contribution in [1.29, 1.82) is 0 Å². The van der Waals surface area contributed by atoms with Crippen LogP contribution in [0.1, 0.15) is 18.4 Å². The van der Waals surface area contributed by atoms with Gasteiger partial charge in [0.2, 0.25) is 11.8 Å². The van der Waals surface area contributed by atoms with Gasteiger partial charge in [0.25, 0.3) is 0 Å². The van der Waals surface area contributed by atoms with Gasteiger partial charge in [-0.3, -0.25) is 9.59 Å². The quantitative estimate of drug-likeness (QED) is 0.575. The van der Waals surface area contributed by atoms with Crippen LogP contribution in [0.3, 0.4) is 0 Å². The fourth-order valence-corrected chi connectivity index (χ4v) is 2.35. The van der Waals surface area contributed by atoms with E-state index in [-0.39, 0.29) is 37.1 Å². The van der Waals surface area contributed by atoms with Crippen molar-refractivity contribution >= 4 is 17.5 Å². The monoisotopic (exact) mass is 368 g/mol. The van der Waals surface area contributed by atoms with Crippen LogP contribution in [0.4, 0.5) is 10.1 Å². The molecule has 0 saturated heterocycles. The number of halogens is 1. The Bertz CT molecular complexity index is 845. The summed E-state index contributed by atoms with van der Waals surface area (Å²) in [4.78, 5) is 25.5. The Kier molecular flexibility index (Phi) is 7.38. The molecule has 2 aromatic rings. The Morgan fingerprint density at radius 3 is 2.74 bits per heavy atom. The number of rotatable bonds is 8. The van der Waals surface area contributed by atoms with E-state index in [9.17, 15) is 14.0 Å². The number of terminal acetylenes is 1. The molecular weight excluding hydrogens is 347 g/mol. The highest BCUT2D eigenvalue weighted by molar-refractivity contribution is 5.94. The predicted octanol–water partition coefficient (Wildman–Crippen LogP) is 3.06. The summed E-state index contributed by atoms with van der Waals surface area (Å²) < 4.78 is 18.7. The van der Waals surface area contributed by atoms with Crippen LogP contribution in [0.15, 0.2) is 48.5 Å². The van der Waals surface area contributed by atoms with E-state index in [1.165, 1.54) is 17.0 Å². The number of anilines is 1. The maximum absolute atomic E-state index is 13.4. The molecule has 5 nitrogen and oxygen atoms in total. The van der Waals surface area contributed by atoms with Crippen LogP contribution in [-0.2, 0) is 9.59 Å². The lowest BCUT2D eigenvalue weighted by atomic mass is 10.2. The van der Waals surface area contributed by atoms with Gasteiger partial charge in [0.15, 0.2) is 11.6 Å². The maximum atomic E-state index is 13.4. The van der Waals surface area contributed by atoms with E-state index in [0.29, 0.717) is 17.7 Å². The van der Waals surface area contributed by atoms with Gasteiger partial charge in [-0.25, -0.2) is 4.39 Å². The zero-order valence-corrected chi connectivity index (χ0v) is 15.1. The molecule has 140 valence electrons. The number of nitrogens with zero attached hydrogens (tertiary/aromatic N) is 1. The molecule has 2 amide bonds. The van der Waals surface area contributed by atoms with E-state index in [1.807, 2.05) is 0 Å². The van der Waals surface area contributed by atoms with Gasteiger partial charge >= 0.3 is 0 Å². The van der Waals surface area contributed by atoms with Crippen molar-refractivity contribution in [1.82, 2.24) is 4.90 Å². The number of para-hydroxylation sites is 1. The minimum Gasteiger partial charge on any atom is -0.491 e. The third-order valence-electron chi connectivity index (χ3n) is 3.75. The van der Waals surface area contributed by atoms with Crippen LogP contribution in [0.25, 0.3) is 0 Å². The van der Waals surface area contributed by atoms with E-state index in [1.54, 1.807) is 43.4 Å². The number of nitrogens with one attached hydrogen (secondary N) is 1. The first kappa shape index (κ1) is 20.0. The Morgan fingerprint density at radius 1 is 1.22 bits per heavy atom. The molecular formula is C21H21FN2O3. The van der Waals surface area contributed by atoms with Crippen molar-refractivity contribution < 1.29 is 18.7 Å². The number of hydrogen-bond donors (Lipinski definition) is 1. The van der Waals surface area contributed by atoms with Gasteiger partial charge in [-0.15, -0.1) is 6.42 Å². The first-order valence-corrected chi connectivity index (χ1v) is 8.47. The summed E-state index contributed by atoms with van der Waals surface area (Å²) >= 11 is 0. The van der Waals surface area contributed by atoms with Crippen LogP contribution in [0, 0.1) is 18.2 Å². The fourth-order valence-electron chi connectivity index (χ4n) is 2.35. The Labute approximate surface area is 158 Å². The third-order valence-corrected chi connectivity index (χ3v) is 3.75. The topological polar surface area (TPSA) is 58.6 Å². The number of ether oxygens (including phenoxy) is 1. The van der Waals surface area contributed by atoms with Crippen molar-refractivity contribution in [2.45, 2.75) is 12.8 Å². The third kappa shape index (κ3) is 6.48. The fraction of sp³-hybridized carbons (Fsp3) is 0.238. The molecule has 0 aliphatic rings. The summed E-state index contributed by atoms with van der Waals surface area (Å²) in [7, 11) is 1.55. The van der Waals surface area contributed by atoms with Crippen LogP contribution in [0.5, 0.6) is 5.75 Å². The highest BCUT2D eigenvalue weighted by Gasteiger charge is 2.13. The van der Waals surface area contributed by atoms with Gasteiger partial charge in [-0.1, -0.05) is 24.1 Å². The second-order valence-corrected chi connectivity index (χ2v) is 5.91. The van der Waals surface area contributed by atoms with Gasteiger partial charge in [-0.2, -0.15) is 0 Å². The van der Waals surface area contributed by atoms with Gasteiger partial charge in [-0.05, 0) is 36.8 Å². The molecule has 0 aliphatic carbocycles. The molecule has 0 spiro atoms. The van der Waals surface area contributed by atoms with Crippen LogP contribution >= 0.6 is 0 Å². The van der Waals surface area contributed by atoms with E-state index >= 15 is 0 Å². The van der Waals surface area contributed by atoms with Crippen LogP contribution < -0.4 is 10.1 Å². The molecule has 0 fully saturated rings. The summed E-state index contributed by atoms with van der Waals surface area (Å²) in [5.41, 5.74) is 1.24. The first-order valence-electron chi connectivity index (χ1n) is 8.47. The highest BCUT2D eigenvalue weighted by atomic mass is 19.1. The average Bonchev–Trinajstić information content (AvgIpc) is 2.66. The van der Waals surface area contributed by atoms with E-state index in [0.717, 1.165) is 0 Å². The molecule has 0 radical (unpaired) electrons. The zero-order valence-electron chi connectivity index (χ0n) is 15.1. The lowest BCUT2D eigenvalue weighted by molar-refractivity contribution is -0.133. The summed E-state index contributed by atoms with van der Waals surface area (Å²) in [6.07, 6.45) is 5.95. The molecule has 0 atom stereocenters. The molecule has 27 heavy (non-hydrogen) atoms. The van der Waals surface area contributed by atoms with Gasteiger partial charge in [0.05, 0.1) is 13.2 Å². The number of amides is 2. The van der Waals surface area contributed by atoms with E-state index in [2.05, 4.69) is 11.2 Å². The number of hydrogen-bond acceptors (Lipinski definition) is 3. The Morgan fingerprint density at radius 2 is 2.00 bits per heavy atom. The van der Waals surface area contributed by atoms with E-state index < -0.39 is 5.82 Å². The number of benzene rings is 2. The lowest BCUT2D eigenvalue weighted by Crippen LogP contribution is -2.35. The zero-order chi connectivity index (χ0) is 19.6. The molecule has 1 N–H and O–H groups in total. The molecule has 0 aliphatic heterocycles. The molecule has 0 unspecified atom stereocenters. The predicted molar refractivity (Wildman–Crippen MR) is 102 cm³/mol. The Balaban J connectivity index is 1.72. The van der Waals surface area contributed by atoms with Crippen molar-refractivity contribution in [3.63, 3.8) is 0 Å². The smallest absolute Gasteiger partial charge is 0.243 e. The minimum absolute atomic E-state index is 0.0761. The number of carbonyl (C=O) groups excluding carboxylic acids is 2. The van der Waals surface area contributed by atoms with Crippen molar-refractivity contribution in [3.8, 4) is 18.1 Å². The molecule has 0 aromatic heterocycles. The largest absolute Gasteiger partial charge is 0.491 e. The molecule has 0 bridgehead atoms. The molecule has 0 heterocycles. The summed E-state index contributed by atoms with van der Waals surface area (Å²) in [6.45, 7) is 0.138. The highest BCUT2D eigenvalue weighted by Crippen LogP contribution is 2.15. The SMILES string of the molecule is C#Cc1cccc(NC(=O)CN(C)C(=O)CCCOc2ccccc2F)c1.